The molecule has 1 unspecified atom stereocenters. The van der Waals surface area contributed by atoms with Crippen molar-refractivity contribution in [3.63, 3.8) is 0 Å². The van der Waals surface area contributed by atoms with Crippen molar-refractivity contribution in [3.8, 4) is 11.5 Å². The topological polar surface area (TPSA) is 78.1 Å². The second-order valence-electron chi connectivity index (χ2n) is 5.87. The maximum absolute atomic E-state index is 13.0. The molecule has 0 radical (unpaired) electrons. The lowest BCUT2D eigenvalue weighted by Crippen LogP contribution is -2.33. The lowest BCUT2D eigenvalue weighted by Gasteiger charge is -2.14. The van der Waals surface area contributed by atoms with Gasteiger partial charge < -0.3 is 25.3 Å². The first kappa shape index (κ1) is 24.0. The third-order valence-electron chi connectivity index (χ3n) is 4.12. The summed E-state index contributed by atoms with van der Waals surface area (Å²) in [4.78, 5) is 4.31. The molecule has 3 N–H and O–H groups in total. The van der Waals surface area contributed by atoms with Crippen LogP contribution >= 0.6 is 24.0 Å². The minimum Gasteiger partial charge on any atom is -0.493 e. The van der Waals surface area contributed by atoms with E-state index in [-0.39, 0.29) is 35.9 Å². The highest BCUT2D eigenvalue weighted by Crippen LogP contribution is 2.27. The lowest BCUT2D eigenvalue weighted by atomic mass is 10.1. The predicted molar refractivity (Wildman–Crippen MR) is 119 cm³/mol. The molecule has 0 aliphatic carbocycles. The fourth-order valence-electron chi connectivity index (χ4n) is 2.60. The van der Waals surface area contributed by atoms with Crippen molar-refractivity contribution in [2.75, 3.05) is 34.4 Å². The Bertz CT molecular complexity index is 757. The second-order valence-corrected chi connectivity index (χ2v) is 5.87. The Morgan fingerprint density at radius 1 is 1.07 bits per heavy atom. The van der Waals surface area contributed by atoms with Crippen LogP contribution in [0.4, 0.5) is 4.39 Å². The molecular formula is C20H27FIN3O3. The molecule has 2 aromatic carbocycles. The number of ether oxygens (including phenoxy) is 3. The Labute approximate surface area is 182 Å². The molecule has 0 saturated carbocycles. The number of nitrogens with one attached hydrogen (secondary N) is 1. The van der Waals surface area contributed by atoms with Gasteiger partial charge in [-0.3, -0.25) is 4.99 Å². The first-order valence-corrected chi connectivity index (χ1v) is 8.60. The summed E-state index contributed by atoms with van der Waals surface area (Å²) in [5, 5.41) is 3.08. The molecule has 6 nitrogen and oxygen atoms in total. The van der Waals surface area contributed by atoms with Crippen LogP contribution in [0.3, 0.4) is 0 Å². The number of benzene rings is 2. The van der Waals surface area contributed by atoms with Crippen LogP contribution in [-0.2, 0) is 11.2 Å². The summed E-state index contributed by atoms with van der Waals surface area (Å²) in [6.07, 6.45) is 0.471. The lowest BCUT2D eigenvalue weighted by molar-refractivity contribution is 0.111. The van der Waals surface area contributed by atoms with Crippen LogP contribution in [0.5, 0.6) is 11.5 Å². The quantitative estimate of drug-likeness (QED) is 0.312. The van der Waals surface area contributed by atoms with E-state index in [2.05, 4.69) is 10.3 Å². The third kappa shape index (κ3) is 7.16. The van der Waals surface area contributed by atoms with Crippen molar-refractivity contribution in [2.45, 2.75) is 12.5 Å². The van der Waals surface area contributed by atoms with Crippen molar-refractivity contribution >= 4 is 29.9 Å². The summed E-state index contributed by atoms with van der Waals surface area (Å²) in [5.74, 6) is 1.44. The third-order valence-corrected chi connectivity index (χ3v) is 4.12. The van der Waals surface area contributed by atoms with Crippen molar-refractivity contribution in [2.24, 2.45) is 10.7 Å². The molecule has 0 aliphatic rings. The monoisotopic (exact) mass is 503 g/mol. The smallest absolute Gasteiger partial charge is 0.188 e. The van der Waals surface area contributed by atoms with E-state index in [1.54, 1.807) is 33.5 Å². The minimum absolute atomic E-state index is 0. The van der Waals surface area contributed by atoms with Crippen molar-refractivity contribution in [3.05, 3.63) is 59.4 Å². The molecule has 1 atom stereocenters. The van der Waals surface area contributed by atoms with E-state index in [0.717, 1.165) is 17.5 Å². The average Bonchev–Trinajstić information content (AvgIpc) is 2.69. The number of halogens is 2. The molecule has 0 bridgehead atoms. The number of nitrogens with two attached hydrogens (primary N) is 1. The van der Waals surface area contributed by atoms with E-state index in [1.807, 2.05) is 18.2 Å². The molecule has 0 aliphatic heterocycles. The zero-order chi connectivity index (χ0) is 19.6. The Balaban J connectivity index is 0.00000392. The van der Waals surface area contributed by atoms with Crippen LogP contribution in [-0.4, -0.2) is 40.4 Å². The maximum atomic E-state index is 13.0. The molecule has 0 aromatic heterocycles. The number of methoxy groups -OCH3 is 3. The summed E-state index contributed by atoms with van der Waals surface area (Å²) in [6, 6.07) is 11.9. The molecule has 2 rings (SSSR count). The number of hydrogen-bond donors (Lipinski definition) is 2. The van der Waals surface area contributed by atoms with Gasteiger partial charge in [-0.25, -0.2) is 4.39 Å². The van der Waals surface area contributed by atoms with Gasteiger partial charge in [-0.1, -0.05) is 18.2 Å². The first-order chi connectivity index (χ1) is 13.1. The van der Waals surface area contributed by atoms with Crippen LogP contribution in [0.25, 0.3) is 0 Å². The van der Waals surface area contributed by atoms with Gasteiger partial charge in [0, 0.05) is 13.7 Å². The van der Waals surface area contributed by atoms with Crippen molar-refractivity contribution in [1.29, 1.82) is 0 Å². The van der Waals surface area contributed by atoms with Gasteiger partial charge in [0.2, 0.25) is 0 Å². The van der Waals surface area contributed by atoms with E-state index in [9.17, 15) is 4.39 Å². The summed E-state index contributed by atoms with van der Waals surface area (Å²) < 4.78 is 29.0. The Morgan fingerprint density at radius 2 is 1.75 bits per heavy atom. The molecule has 0 heterocycles. The Kier molecular flexibility index (Phi) is 10.6. The second kappa shape index (κ2) is 12.4. The van der Waals surface area contributed by atoms with E-state index >= 15 is 0 Å². The number of nitrogens with zero attached hydrogens (tertiary/aromatic N) is 1. The van der Waals surface area contributed by atoms with Gasteiger partial charge in [-0.2, -0.15) is 0 Å². The largest absolute Gasteiger partial charge is 0.493 e. The maximum Gasteiger partial charge on any atom is 0.188 e. The average molecular weight is 503 g/mol. The van der Waals surface area contributed by atoms with Crippen LogP contribution < -0.4 is 20.5 Å². The summed E-state index contributed by atoms with van der Waals surface area (Å²) in [5.41, 5.74) is 7.86. The Hall–Kier alpha value is -2.07. The Morgan fingerprint density at radius 3 is 2.36 bits per heavy atom. The zero-order valence-electron chi connectivity index (χ0n) is 16.3. The van der Waals surface area contributed by atoms with Gasteiger partial charge in [0.25, 0.3) is 0 Å². The fourth-order valence-corrected chi connectivity index (χ4v) is 2.60. The van der Waals surface area contributed by atoms with Gasteiger partial charge in [-0.15, -0.1) is 24.0 Å². The molecule has 0 saturated heterocycles. The molecule has 154 valence electrons. The standard InChI is InChI=1S/C20H26FN3O3.HI/c1-25-17-9-4-14(12-18(17)26-2)10-11-23-20(22)24-13-19(27-3)15-5-7-16(21)8-6-15;/h4-9,12,19H,10-11,13H2,1-3H3,(H3,22,23,24);1H. The minimum atomic E-state index is -0.284. The van der Waals surface area contributed by atoms with Crippen molar-refractivity contribution < 1.29 is 18.6 Å². The molecule has 2 aromatic rings. The number of guanidine groups is 1. The van der Waals surface area contributed by atoms with E-state index < -0.39 is 0 Å². The zero-order valence-corrected chi connectivity index (χ0v) is 18.6. The van der Waals surface area contributed by atoms with Crippen LogP contribution in [0.1, 0.15) is 17.2 Å². The summed E-state index contributed by atoms with van der Waals surface area (Å²) in [7, 11) is 4.80. The normalized spacial score (nSPS) is 12.1. The highest BCUT2D eigenvalue weighted by molar-refractivity contribution is 14.0. The molecule has 8 heteroatoms. The van der Waals surface area contributed by atoms with E-state index in [0.29, 0.717) is 30.5 Å². The van der Waals surface area contributed by atoms with Crippen LogP contribution in [0.2, 0.25) is 0 Å². The van der Waals surface area contributed by atoms with E-state index in [1.165, 1.54) is 12.1 Å². The predicted octanol–water partition coefficient (Wildman–Crippen LogP) is 3.30. The number of hydrogen-bond acceptors (Lipinski definition) is 4. The molecule has 0 fully saturated rings. The van der Waals surface area contributed by atoms with Crippen LogP contribution in [0.15, 0.2) is 47.5 Å². The van der Waals surface area contributed by atoms with Crippen molar-refractivity contribution in [1.82, 2.24) is 5.32 Å². The summed E-state index contributed by atoms with van der Waals surface area (Å²) in [6.45, 7) is 0.969. The highest BCUT2D eigenvalue weighted by atomic mass is 127. The van der Waals surface area contributed by atoms with Gasteiger partial charge >= 0.3 is 0 Å². The number of rotatable bonds is 9. The van der Waals surface area contributed by atoms with Gasteiger partial charge in [0.05, 0.1) is 20.8 Å². The number of aliphatic imine (C=N–C) groups is 1. The highest BCUT2D eigenvalue weighted by Gasteiger charge is 2.10. The van der Waals surface area contributed by atoms with Gasteiger partial charge in [0.15, 0.2) is 17.5 Å². The first-order valence-electron chi connectivity index (χ1n) is 8.60. The molecule has 28 heavy (non-hydrogen) atoms. The molecule has 0 amide bonds. The molecular weight excluding hydrogens is 476 g/mol. The summed E-state index contributed by atoms with van der Waals surface area (Å²) >= 11 is 0. The fraction of sp³-hybridized carbons (Fsp3) is 0.350. The molecule has 0 spiro atoms. The van der Waals surface area contributed by atoms with Gasteiger partial charge in [-0.05, 0) is 41.8 Å². The SMILES string of the molecule is COc1ccc(CCNC(N)=NCC(OC)c2ccc(F)cc2)cc1OC.I. The van der Waals surface area contributed by atoms with E-state index in [4.69, 9.17) is 19.9 Å². The van der Waals surface area contributed by atoms with Crippen LogP contribution in [0, 0.1) is 5.82 Å². The van der Waals surface area contributed by atoms with Gasteiger partial charge in [0.1, 0.15) is 11.9 Å².